The van der Waals surface area contributed by atoms with E-state index in [2.05, 4.69) is 104 Å². The number of allylic oxidation sites excluding steroid dienone is 1. The highest BCUT2D eigenvalue weighted by Gasteiger charge is 2.50. The lowest BCUT2D eigenvalue weighted by atomic mass is 9.64. The van der Waals surface area contributed by atoms with Gasteiger partial charge >= 0.3 is 0 Å². The Morgan fingerprint density at radius 2 is 1.20 bits per heavy atom. The number of likely N-dealkylation sites (tertiary alicyclic amines) is 1. The molecule has 1 saturated heterocycles. The Kier molecular flexibility index (Phi) is 7.51. The highest BCUT2D eigenvalue weighted by atomic mass is 16.2. The Balaban J connectivity index is 1.40. The second kappa shape index (κ2) is 11.5. The van der Waals surface area contributed by atoms with Crippen LogP contribution in [0.15, 0.2) is 115 Å². The zero-order valence-corrected chi connectivity index (χ0v) is 26.8. The van der Waals surface area contributed by atoms with Gasteiger partial charge in [-0.1, -0.05) is 122 Å². The summed E-state index contributed by atoms with van der Waals surface area (Å²) in [5.74, 6) is -1.19. The number of imide groups is 1. The van der Waals surface area contributed by atoms with Gasteiger partial charge in [-0.2, -0.15) is 0 Å². The molecule has 7 rings (SSSR count). The van der Waals surface area contributed by atoms with Gasteiger partial charge in [0.05, 0.1) is 28.5 Å². The first-order chi connectivity index (χ1) is 22.2. The molecule has 3 amide bonds. The van der Waals surface area contributed by atoms with Gasteiger partial charge in [0.1, 0.15) is 6.54 Å². The maximum atomic E-state index is 14.5. The van der Waals surface area contributed by atoms with Crippen molar-refractivity contribution in [3.05, 3.63) is 143 Å². The maximum Gasteiger partial charge on any atom is 0.247 e. The molecule has 232 valence electrons. The first-order valence-corrected chi connectivity index (χ1v) is 16.4. The monoisotopic (exact) mass is 608 g/mol. The third-order valence-electron chi connectivity index (χ3n) is 10.3. The Labute approximate surface area is 271 Å². The van der Waals surface area contributed by atoms with E-state index in [0.717, 1.165) is 64.8 Å². The molecule has 3 aliphatic rings. The Morgan fingerprint density at radius 3 is 1.67 bits per heavy atom. The van der Waals surface area contributed by atoms with E-state index in [4.69, 9.17) is 0 Å². The number of hydrogen-bond donors (Lipinski definition) is 0. The van der Waals surface area contributed by atoms with E-state index in [1.165, 1.54) is 4.90 Å². The molecular weight excluding hydrogens is 568 g/mol. The number of fused-ring (bicyclic) bond motifs is 2. The van der Waals surface area contributed by atoms with Gasteiger partial charge in [-0.25, -0.2) is 0 Å². The minimum Gasteiger partial charge on any atom is -0.301 e. The molecule has 0 bridgehead atoms. The molecule has 2 fully saturated rings. The summed E-state index contributed by atoms with van der Waals surface area (Å²) in [5.41, 5.74) is 5.85. The van der Waals surface area contributed by atoms with Crippen LogP contribution in [0, 0.1) is 11.8 Å². The topological polar surface area (TPSA) is 57.7 Å². The second-order valence-electron chi connectivity index (χ2n) is 13.6. The third-order valence-corrected chi connectivity index (χ3v) is 10.3. The normalized spacial score (nSPS) is 20.6. The van der Waals surface area contributed by atoms with Crippen molar-refractivity contribution in [1.29, 1.82) is 0 Å². The van der Waals surface area contributed by atoms with Crippen LogP contribution < -0.4 is 4.90 Å². The fourth-order valence-electron chi connectivity index (χ4n) is 8.38. The van der Waals surface area contributed by atoms with Gasteiger partial charge < -0.3 is 4.90 Å². The van der Waals surface area contributed by atoms with E-state index < -0.39 is 11.0 Å². The highest BCUT2D eigenvalue weighted by molar-refractivity contribution is 6.10. The molecule has 1 aliphatic carbocycles. The molecule has 1 saturated carbocycles. The molecule has 2 heterocycles. The molecule has 2 unspecified atom stereocenters. The van der Waals surface area contributed by atoms with E-state index in [9.17, 15) is 14.4 Å². The van der Waals surface area contributed by atoms with E-state index >= 15 is 0 Å². The van der Waals surface area contributed by atoms with Gasteiger partial charge in [0.2, 0.25) is 17.7 Å². The largest absolute Gasteiger partial charge is 0.301 e. The Hall–Kier alpha value is -4.77. The lowest BCUT2D eigenvalue weighted by Crippen LogP contribution is -2.53. The minimum absolute atomic E-state index is 0.185. The van der Waals surface area contributed by atoms with E-state index in [0.29, 0.717) is 0 Å². The molecule has 0 N–H and O–H groups in total. The summed E-state index contributed by atoms with van der Waals surface area (Å²) in [7, 11) is 0. The van der Waals surface area contributed by atoms with Crippen LogP contribution >= 0.6 is 0 Å². The summed E-state index contributed by atoms with van der Waals surface area (Å²) >= 11 is 0. The molecule has 0 radical (unpaired) electrons. The minimum atomic E-state index is -0.680. The molecule has 2 aliphatic heterocycles. The number of rotatable bonds is 6. The molecule has 0 spiro atoms. The summed E-state index contributed by atoms with van der Waals surface area (Å²) < 4.78 is 0. The summed E-state index contributed by atoms with van der Waals surface area (Å²) in [6.45, 7) is 5.89. The van der Waals surface area contributed by atoms with Crippen LogP contribution in [0.4, 0.5) is 5.69 Å². The molecule has 46 heavy (non-hydrogen) atoms. The van der Waals surface area contributed by atoms with Gasteiger partial charge in [0.25, 0.3) is 0 Å². The molecular formula is C41H40N2O3. The third kappa shape index (κ3) is 4.72. The smallest absolute Gasteiger partial charge is 0.247 e. The van der Waals surface area contributed by atoms with Crippen LogP contribution in [0.1, 0.15) is 74.3 Å². The van der Waals surface area contributed by atoms with Crippen molar-refractivity contribution in [3.8, 4) is 0 Å². The van der Waals surface area contributed by atoms with Gasteiger partial charge in [0.15, 0.2) is 0 Å². The van der Waals surface area contributed by atoms with Crippen LogP contribution in [-0.4, -0.2) is 34.7 Å². The summed E-state index contributed by atoms with van der Waals surface area (Å²) in [5, 5.41) is 0. The van der Waals surface area contributed by atoms with Crippen molar-refractivity contribution in [2.75, 3.05) is 11.4 Å². The quantitative estimate of drug-likeness (QED) is 0.166. The van der Waals surface area contributed by atoms with Crippen molar-refractivity contribution in [3.63, 3.8) is 0 Å². The van der Waals surface area contributed by atoms with Crippen molar-refractivity contribution >= 4 is 29.0 Å². The van der Waals surface area contributed by atoms with E-state index in [-0.39, 0.29) is 36.1 Å². The van der Waals surface area contributed by atoms with Gasteiger partial charge in [-0.3, -0.25) is 19.3 Å². The Morgan fingerprint density at radius 1 is 0.717 bits per heavy atom. The van der Waals surface area contributed by atoms with Crippen LogP contribution in [0.5, 0.6) is 0 Å². The SMILES string of the molecule is CC1=CC(C)(C)N(C(=O)CN2C(=O)C3CCCCC3C2=O)c2cc(C(c3ccccc3)(c3ccccc3)c3ccccc3)ccc21. The van der Waals surface area contributed by atoms with Gasteiger partial charge in [-0.15, -0.1) is 0 Å². The van der Waals surface area contributed by atoms with Crippen LogP contribution in [-0.2, 0) is 19.8 Å². The molecule has 0 aromatic heterocycles. The molecule has 4 aromatic carbocycles. The molecule has 5 heteroatoms. The van der Waals surface area contributed by atoms with Crippen LogP contribution in [0.2, 0.25) is 0 Å². The predicted molar refractivity (Wildman–Crippen MR) is 182 cm³/mol. The zero-order valence-electron chi connectivity index (χ0n) is 26.8. The zero-order chi connectivity index (χ0) is 32.1. The number of benzene rings is 4. The average molecular weight is 609 g/mol. The summed E-state index contributed by atoms with van der Waals surface area (Å²) in [6, 6.07) is 38.0. The maximum absolute atomic E-state index is 14.5. The number of carbonyl (C=O) groups is 3. The number of hydrogen-bond acceptors (Lipinski definition) is 3. The van der Waals surface area contributed by atoms with E-state index in [1.54, 1.807) is 0 Å². The van der Waals surface area contributed by atoms with Crippen molar-refractivity contribution in [2.24, 2.45) is 11.8 Å². The number of nitrogens with zero attached hydrogens (tertiary/aromatic N) is 2. The van der Waals surface area contributed by atoms with Gasteiger partial charge in [-0.05, 0) is 67.5 Å². The fraction of sp³-hybridized carbons (Fsp3) is 0.293. The average Bonchev–Trinajstić information content (AvgIpc) is 3.31. The summed E-state index contributed by atoms with van der Waals surface area (Å²) in [6.07, 6.45) is 5.47. The number of amides is 3. The molecule has 2 atom stereocenters. The summed E-state index contributed by atoms with van der Waals surface area (Å²) in [4.78, 5) is 44.3. The van der Waals surface area contributed by atoms with E-state index in [1.807, 2.05) is 36.9 Å². The van der Waals surface area contributed by atoms with Crippen LogP contribution in [0.3, 0.4) is 0 Å². The number of carbonyl (C=O) groups excluding carboxylic acids is 3. The van der Waals surface area contributed by atoms with Crippen molar-refractivity contribution < 1.29 is 14.4 Å². The standard InChI is InChI=1S/C41H40N2O3/c1-28-26-40(2,3)43(37(44)27-42-38(45)34-21-13-14-22-35(34)39(42)46)36-25-32(23-24-33(28)36)41(29-15-7-4-8-16-29,30-17-9-5-10-18-30)31-19-11-6-12-20-31/h4-12,15-20,23-26,34-35H,13-14,21-22,27H2,1-3H3. The van der Waals surface area contributed by atoms with Crippen LogP contribution in [0.25, 0.3) is 5.57 Å². The molecule has 4 aromatic rings. The second-order valence-corrected chi connectivity index (χ2v) is 13.6. The molecule has 5 nitrogen and oxygen atoms in total. The van der Waals surface area contributed by atoms with Crippen molar-refractivity contribution in [2.45, 2.75) is 57.4 Å². The fourth-order valence-corrected chi connectivity index (χ4v) is 8.38. The van der Waals surface area contributed by atoms with Crippen molar-refractivity contribution in [1.82, 2.24) is 4.90 Å². The first-order valence-electron chi connectivity index (χ1n) is 16.4. The lowest BCUT2D eigenvalue weighted by Gasteiger charge is -2.43. The van der Waals surface area contributed by atoms with Gasteiger partial charge in [0, 0.05) is 5.56 Å². The lowest BCUT2D eigenvalue weighted by molar-refractivity contribution is -0.143. The number of anilines is 1. The highest BCUT2D eigenvalue weighted by Crippen LogP contribution is 2.48. The predicted octanol–water partition coefficient (Wildman–Crippen LogP) is 7.77. The Bertz CT molecular complexity index is 1710. The first kappa shape index (κ1) is 29.9.